The maximum absolute atomic E-state index is 9.29. The molecule has 0 aromatic heterocycles. The number of benzene rings is 1. The molecule has 0 amide bonds. The Bertz CT molecular complexity index is 540. The summed E-state index contributed by atoms with van der Waals surface area (Å²) in [4.78, 5) is 2.49. The lowest BCUT2D eigenvalue weighted by Gasteiger charge is -2.40. The van der Waals surface area contributed by atoms with Gasteiger partial charge in [-0.25, -0.2) is 0 Å². The molecule has 1 aliphatic heterocycles. The Balaban J connectivity index is 1.77. The maximum Gasteiger partial charge on any atom is 0.0995 e. The summed E-state index contributed by atoms with van der Waals surface area (Å²) in [6.45, 7) is 3.30. The van der Waals surface area contributed by atoms with Crippen LogP contribution in [0.3, 0.4) is 0 Å². The lowest BCUT2D eigenvalue weighted by atomic mass is 9.93. The van der Waals surface area contributed by atoms with Crippen molar-refractivity contribution in [1.29, 1.82) is 5.26 Å². The minimum absolute atomic E-state index is 0.348. The molecule has 0 radical (unpaired) electrons. The number of nitrogens with zero attached hydrogens (tertiary/aromatic N) is 2. The van der Waals surface area contributed by atoms with Crippen LogP contribution in [-0.4, -0.2) is 43.9 Å². The highest BCUT2D eigenvalue weighted by molar-refractivity contribution is 5.37. The molecule has 0 spiro atoms. The van der Waals surface area contributed by atoms with Gasteiger partial charge in [0.25, 0.3) is 0 Å². The minimum Gasteiger partial charge on any atom is -0.381 e. The lowest BCUT2D eigenvalue weighted by molar-refractivity contribution is -0.0608. The van der Waals surface area contributed by atoms with E-state index in [0.29, 0.717) is 18.1 Å². The first-order chi connectivity index (χ1) is 10.8. The smallest absolute Gasteiger partial charge is 0.0995 e. The first-order valence-electron chi connectivity index (χ1n) is 8.16. The van der Waals surface area contributed by atoms with Crippen LogP contribution in [0.4, 0.5) is 0 Å². The Labute approximate surface area is 132 Å². The van der Waals surface area contributed by atoms with E-state index in [1.54, 1.807) is 0 Å². The molecule has 0 unspecified atom stereocenters. The molecule has 1 saturated heterocycles. The van der Waals surface area contributed by atoms with Gasteiger partial charge in [-0.2, -0.15) is 5.26 Å². The molecule has 2 aliphatic rings. The van der Waals surface area contributed by atoms with Crippen LogP contribution in [-0.2, 0) is 16.0 Å². The van der Waals surface area contributed by atoms with Crippen LogP contribution in [0.1, 0.15) is 30.4 Å². The van der Waals surface area contributed by atoms with Crippen LogP contribution < -0.4 is 0 Å². The molecule has 1 saturated carbocycles. The van der Waals surface area contributed by atoms with Crippen molar-refractivity contribution < 1.29 is 9.47 Å². The molecule has 1 heterocycles. The third kappa shape index (κ3) is 3.17. The predicted octanol–water partition coefficient (Wildman–Crippen LogP) is 2.57. The zero-order valence-electron chi connectivity index (χ0n) is 13.2. The molecule has 2 fully saturated rings. The van der Waals surface area contributed by atoms with Gasteiger partial charge in [-0.3, -0.25) is 4.90 Å². The van der Waals surface area contributed by atoms with Crippen molar-refractivity contribution in [3.63, 3.8) is 0 Å². The van der Waals surface area contributed by atoms with Gasteiger partial charge in [-0.05, 0) is 24.5 Å². The molecule has 4 nitrogen and oxygen atoms in total. The van der Waals surface area contributed by atoms with Crippen LogP contribution in [0, 0.1) is 17.2 Å². The first-order valence-corrected chi connectivity index (χ1v) is 8.16. The quantitative estimate of drug-likeness (QED) is 0.857. The SMILES string of the molecule is CO[C@@H]1CCC[C@H]1[C@@H]1COCCN1Cc1ccccc1C#N. The molecule has 1 aromatic rings. The Hall–Kier alpha value is -1.41. The van der Waals surface area contributed by atoms with Crippen molar-refractivity contribution in [1.82, 2.24) is 4.90 Å². The van der Waals surface area contributed by atoms with Gasteiger partial charge in [-0.15, -0.1) is 0 Å². The molecule has 0 N–H and O–H groups in total. The number of morpholine rings is 1. The summed E-state index contributed by atoms with van der Waals surface area (Å²) >= 11 is 0. The van der Waals surface area contributed by atoms with Crippen LogP contribution >= 0.6 is 0 Å². The van der Waals surface area contributed by atoms with Crippen molar-refractivity contribution in [2.45, 2.75) is 38.0 Å². The van der Waals surface area contributed by atoms with E-state index >= 15 is 0 Å². The molecule has 0 bridgehead atoms. The average Bonchev–Trinajstić information content (AvgIpc) is 3.04. The van der Waals surface area contributed by atoms with Crippen molar-refractivity contribution in [3.05, 3.63) is 35.4 Å². The van der Waals surface area contributed by atoms with Crippen molar-refractivity contribution in [2.75, 3.05) is 26.9 Å². The normalized spacial score (nSPS) is 29.4. The third-order valence-electron chi connectivity index (χ3n) is 5.09. The number of ether oxygens (including phenoxy) is 2. The highest BCUT2D eigenvalue weighted by Crippen LogP contribution is 2.34. The summed E-state index contributed by atoms with van der Waals surface area (Å²) in [6, 6.07) is 10.6. The van der Waals surface area contributed by atoms with Gasteiger partial charge in [0, 0.05) is 32.2 Å². The fourth-order valence-electron chi connectivity index (χ4n) is 3.92. The van der Waals surface area contributed by atoms with Gasteiger partial charge in [0.1, 0.15) is 0 Å². The second-order valence-electron chi connectivity index (χ2n) is 6.25. The number of hydrogen-bond donors (Lipinski definition) is 0. The molecule has 3 rings (SSSR count). The van der Waals surface area contributed by atoms with E-state index in [2.05, 4.69) is 17.0 Å². The topological polar surface area (TPSA) is 45.5 Å². The predicted molar refractivity (Wildman–Crippen MR) is 84.3 cm³/mol. The standard InChI is InChI=1S/C18H24N2O2/c1-21-18-8-4-7-16(18)17-13-22-10-9-20(17)12-15-6-3-2-5-14(15)11-19/h2-3,5-6,16-18H,4,7-10,12-13H2,1H3/t16-,17-,18+/m0/s1. The van der Waals surface area contributed by atoms with Crippen LogP contribution in [0.15, 0.2) is 24.3 Å². The molecule has 3 atom stereocenters. The van der Waals surface area contributed by atoms with Crippen molar-refractivity contribution in [3.8, 4) is 6.07 Å². The van der Waals surface area contributed by atoms with E-state index in [0.717, 1.165) is 43.9 Å². The van der Waals surface area contributed by atoms with Gasteiger partial charge >= 0.3 is 0 Å². The fourth-order valence-corrected chi connectivity index (χ4v) is 3.92. The molecule has 118 valence electrons. The summed E-state index contributed by atoms with van der Waals surface area (Å²) in [5.41, 5.74) is 1.89. The molecule has 22 heavy (non-hydrogen) atoms. The van der Waals surface area contributed by atoms with Crippen molar-refractivity contribution in [2.24, 2.45) is 5.92 Å². The van der Waals surface area contributed by atoms with Crippen molar-refractivity contribution >= 4 is 0 Å². The summed E-state index contributed by atoms with van der Waals surface area (Å²) in [5, 5.41) is 9.29. The second kappa shape index (κ2) is 7.23. The second-order valence-corrected chi connectivity index (χ2v) is 6.25. The van der Waals surface area contributed by atoms with E-state index in [-0.39, 0.29) is 0 Å². The number of nitriles is 1. The fraction of sp³-hybridized carbons (Fsp3) is 0.611. The van der Waals surface area contributed by atoms with E-state index in [4.69, 9.17) is 9.47 Å². The largest absolute Gasteiger partial charge is 0.381 e. The van der Waals surface area contributed by atoms with E-state index in [1.807, 2.05) is 25.3 Å². The monoisotopic (exact) mass is 300 g/mol. The van der Waals surface area contributed by atoms with Gasteiger partial charge in [0.05, 0.1) is 31.0 Å². The molecular weight excluding hydrogens is 276 g/mol. The maximum atomic E-state index is 9.29. The number of methoxy groups -OCH3 is 1. The number of rotatable bonds is 4. The highest BCUT2D eigenvalue weighted by Gasteiger charge is 2.38. The Morgan fingerprint density at radius 3 is 3.05 bits per heavy atom. The van der Waals surface area contributed by atoms with Gasteiger partial charge in [0.15, 0.2) is 0 Å². The van der Waals surface area contributed by atoms with Crippen LogP contribution in [0.2, 0.25) is 0 Å². The lowest BCUT2D eigenvalue weighted by Crippen LogP contribution is -2.50. The highest BCUT2D eigenvalue weighted by atomic mass is 16.5. The molecule has 1 aliphatic carbocycles. The molecule has 4 heteroatoms. The zero-order chi connectivity index (χ0) is 15.4. The number of hydrogen-bond acceptors (Lipinski definition) is 4. The van der Waals surface area contributed by atoms with Crippen LogP contribution in [0.25, 0.3) is 0 Å². The summed E-state index contributed by atoms with van der Waals surface area (Å²) in [7, 11) is 1.82. The van der Waals surface area contributed by atoms with E-state index < -0.39 is 0 Å². The third-order valence-corrected chi connectivity index (χ3v) is 5.09. The van der Waals surface area contributed by atoms with Gasteiger partial charge in [-0.1, -0.05) is 24.6 Å². The molecule has 1 aromatic carbocycles. The average molecular weight is 300 g/mol. The summed E-state index contributed by atoms with van der Waals surface area (Å²) < 4.78 is 11.4. The van der Waals surface area contributed by atoms with Gasteiger partial charge < -0.3 is 9.47 Å². The first kappa shape index (κ1) is 15.5. The Morgan fingerprint density at radius 2 is 2.23 bits per heavy atom. The van der Waals surface area contributed by atoms with E-state index in [1.165, 1.54) is 12.8 Å². The molecular formula is C18H24N2O2. The van der Waals surface area contributed by atoms with E-state index in [9.17, 15) is 5.26 Å². The minimum atomic E-state index is 0.348. The summed E-state index contributed by atoms with van der Waals surface area (Å²) in [5.74, 6) is 0.541. The van der Waals surface area contributed by atoms with Crippen LogP contribution in [0.5, 0.6) is 0 Å². The Morgan fingerprint density at radius 1 is 1.36 bits per heavy atom. The Kier molecular flexibility index (Phi) is 5.09. The zero-order valence-corrected chi connectivity index (χ0v) is 13.2. The summed E-state index contributed by atoms with van der Waals surface area (Å²) in [6.07, 6.45) is 3.95. The van der Waals surface area contributed by atoms with Gasteiger partial charge in [0.2, 0.25) is 0 Å².